The number of rotatable bonds is 8. The van der Waals surface area contributed by atoms with Gasteiger partial charge in [-0.15, -0.1) is 0 Å². The maximum Gasteiger partial charge on any atom is 0.673 e. The van der Waals surface area contributed by atoms with Gasteiger partial charge in [0.2, 0.25) is 0 Å². The highest BCUT2D eigenvalue weighted by Gasteiger charge is 2.21. The molecule has 0 spiro atoms. The Kier molecular flexibility index (Phi) is 11.6. The monoisotopic (exact) mass is 288 g/mol. The molecule has 0 aromatic heterocycles. The Morgan fingerprint density at radius 3 is 1.32 bits per heavy atom. The Bertz CT molecular complexity index is 190. The van der Waals surface area contributed by atoms with Crippen LogP contribution in [0.2, 0.25) is 0 Å². The maximum absolute atomic E-state index is 9.75. The highest BCUT2D eigenvalue weighted by molar-refractivity contribution is 6.50. The zero-order chi connectivity index (χ0) is 15.5. The van der Waals surface area contributed by atoms with E-state index in [0.29, 0.717) is 0 Å². The maximum atomic E-state index is 9.75. The third-order valence-corrected chi connectivity index (χ3v) is 3.80. The molecule has 7 heteroatoms. The molecule has 0 aliphatic rings. The number of nitrogens with zero attached hydrogens (tertiary/aromatic N) is 2. The summed E-state index contributed by atoms with van der Waals surface area (Å²) in [5, 5.41) is 0. The number of hydrogen-bond acceptors (Lipinski definition) is 1. The van der Waals surface area contributed by atoms with Crippen molar-refractivity contribution in [3.05, 3.63) is 0 Å². The first-order chi connectivity index (χ1) is 8.67. The Morgan fingerprint density at radius 2 is 1.11 bits per heavy atom. The first-order valence-corrected chi connectivity index (χ1v) is 7.12. The van der Waals surface area contributed by atoms with Crippen molar-refractivity contribution in [1.82, 2.24) is 4.90 Å². The number of quaternary nitrogens is 1. The summed E-state index contributed by atoms with van der Waals surface area (Å²) in [6.07, 6.45) is 0. The average molecular weight is 288 g/mol. The Morgan fingerprint density at radius 1 is 0.789 bits per heavy atom. The van der Waals surface area contributed by atoms with Crippen LogP contribution in [0.25, 0.3) is 0 Å². The van der Waals surface area contributed by atoms with Crippen molar-refractivity contribution in [2.45, 2.75) is 34.6 Å². The van der Waals surface area contributed by atoms with Crippen LogP contribution in [-0.4, -0.2) is 62.5 Å². The van der Waals surface area contributed by atoms with Crippen LogP contribution in [0.15, 0.2) is 0 Å². The van der Waals surface area contributed by atoms with E-state index < -0.39 is 7.25 Å². The zero-order valence-electron chi connectivity index (χ0n) is 12.9. The molecule has 0 unspecified atom stereocenters. The van der Waals surface area contributed by atoms with Crippen LogP contribution in [0.5, 0.6) is 0 Å². The molecule has 0 saturated heterocycles. The van der Waals surface area contributed by atoms with E-state index in [0.717, 1.165) is 0 Å². The lowest BCUT2D eigenvalue weighted by molar-refractivity contribution is -0.922. The van der Waals surface area contributed by atoms with Crippen molar-refractivity contribution in [2.75, 3.05) is 45.8 Å². The number of halogens is 4. The molecule has 0 aromatic carbocycles. The minimum absolute atomic E-state index is 1.19. The van der Waals surface area contributed by atoms with Crippen LogP contribution in [0.1, 0.15) is 34.6 Å². The molecule has 0 N–H and O–H groups in total. The standard InChI is InChI=1S/C12H29N2.BF4/c1-6-13(7-2)11-12-14(8-3,9-4)10-5;2-1(3,4)5/h6-12H2,1-5H3;/q+1;-1. The van der Waals surface area contributed by atoms with Crippen molar-refractivity contribution < 1.29 is 21.7 Å². The van der Waals surface area contributed by atoms with Crippen LogP contribution in [0.4, 0.5) is 17.3 Å². The summed E-state index contributed by atoms with van der Waals surface area (Å²) in [6.45, 7) is 20.2. The fourth-order valence-electron chi connectivity index (χ4n) is 2.04. The topological polar surface area (TPSA) is 3.24 Å². The van der Waals surface area contributed by atoms with Gasteiger partial charge in [0.15, 0.2) is 0 Å². The minimum atomic E-state index is -6.00. The molecule has 0 atom stereocenters. The molecule has 0 radical (unpaired) electrons. The van der Waals surface area contributed by atoms with Gasteiger partial charge in [0, 0.05) is 6.54 Å². The molecule has 118 valence electrons. The number of likely N-dealkylation sites (N-methyl/N-ethyl adjacent to an activating group) is 2. The molecule has 0 aliphatic heterocycles. The smallest absolute Gasteiger partial charge is 0.418 e. The summed E-state index contributed by atoms with van der Waals surface area (Å²) in [4.78, 5) is 2.52. The second-order valence-corrected chi connectivity index (χ2v) is 4.54. The van der Waals surface area contributed by atoms with Gasteiger partial charge in [-0.1, -0.05) is 13.8 Å². The van der Waals surface area contributed by atoms with Crippen molar-refractivity contribution in [1.29, 1.82) is 0 Å². The summed E-state index contributed by atoms with van der Waals surface area (Å²) in [5.74, 6) is 0. The van der Waals surface area contributed by atoms with E-state index in [9.17, 15) is 17.3 Å². The SMILES string of the molecule is CCN(CC)CC[N+](CC)(CC)CC.F[B-](F)(F)F. The minimum Gasteiger partial charge on any atom is -0.418 e. The molecule has 19 heavy (non-hydrogen) atoms. The van der Waals surface area contributed by atoms with Gasteiger partial charge in [-0.25, -0.2) is 0 Å². The Hall–Kier alpha value is -0.295. The van der Waals surface area contributed by atoms with E-state index in [4.69, 9.17) is 0 Å². The average Bonchev–Trinajstić information content (AvgIpc) is 2.34. The molecule has 0 amide bonds. The fourth-order valence-corrected chi connectivity index (χ4v) is 2.04. The third-order valence-electron chi connectivity index (χ3n) is 3.80. The van der Waals surface area contributed by atoms with Gasteiger partial charge in [0.05, 0.1) is 26.2 Å². The Labute approximate surface area is 115 Å². The van der Waals surface area contributed by atoms with E-state index in [1.54, 1.807) is 0 Å². The second-order valence-electron chi connectivity index (χ2n) is 4.54. The molecule has 0 heterocycles. The molecular weight excluding hydrogens is 259 g/mol. The first kappa shape index (κ1) is 21.0. The fraction of sp³-hybridized carbons (Fsp3) is 1.00. The van der Waals surface area contributed by atoms with Crippen molar-refractivity contribution >= 4 is 7.25 Å². The van der Waals surface area contributed by atoms with Gasteiger partial charge in [-0.2, -0.15) is 0 Å². The second kappa shape index (κ2) is 10.5. The molecule has 0 saturated carbocycles. The van der Waals surface area contributed by atoms with Gasteiger partial charge in [0.1, 0.15) is 0 Å². The number of hydrogen-bond donors (Lipinski definition) is 0. The predicted molar refractivity (Wildman–Crippen MR) is 74.7 cm³/mol. The van der Waals surface area contributed by atoms with Gasteiger partial charge >= 0.3 is 7.25 Å². The van der Waals surface area contributed by atoms with Gasteiger partial charge in [-0.3, -0.25) is 4.90 Å². The van der Waals surface area contributed by atoms with Gasteiger partial charge in [0.25, 0.3) is 0 Å². The first-order valence-electron chi connectivity index (χ1n) is 7.12. The molecule has 2 nitrogen and oxygen atoms in total. The quantitative estimate of drug-likeness (QED) is 0.375. The van der Waals surface area contributed by atoms with E-state index in [1.807, 2.05) is 0 Å². The van der Waals surface area contributed by atoms with Gasteiger partial charge < -0.3 is 21.7 Å². The largest absolute Gasteiger partial charge is 0.673 e. The van der Waals surface area contributed by atoms with Crippen LogP contribution in [0, 0.1) is 0 Å². The molecule has 0 aliphatic carbocycles. The van der Waals surface area contributed by atoms with Crippen LogP contribution in [0.3, 0.4) is 0 Å². The lowest BCUT2D eigenvalue weighted by atomic mass is 10.3. The summed E-state index contributed by atoms with van der Waals surface area (Å²) in [6, 6.07) is 0. The lowest BCUT2D eigenvalue weighted by Gasteiger charge is -2.37. The van der Waals surface area contributed by atoms with Crippen molar-refractivity contribution in [3.63, 3.8) is 0 Å². The molecule has 0 aromatic rings. The molecule has 0 rings (SSSR count). The predicted octanol–water partition coefficient (Wildman–Crippen LogP) is 3.50. The molecule has 0 fully saturated rings. The van der Waals surface area contributed by atoms with Crippen LogP contribution in [-0.2, 0) is 0 Å². The summed E-state index contributed by atoms with van der Waals surface area (Å²) in [5.41, 5.74) is 0. The lowest BCUT2D eigenvalue weighted by Crippen LogP contribution is -2.51. The summed E-state index contributed by atoms with van der Waals surface area (Å²) in [7, 11) is -6.00. The van der Waals surface area contributed by atoms with E-state index in [1.165, 1.54) is 50.3 Å². The normalized spacial score (nSPS) is 12.3. The van der Waals surface area contributed by atoms with E-state index in [2.05, 4.69) is 39.5 Å². The van der Waals surface area contributed by atoms with Crippen LogP contribution < -0.4 is 0 Å². The van der Waals surface area contributed by atoms with Crippen molar-refractivity contribution in [2.24, 2.45) is 0 Å². The highest BCUT2D eigenvalue weighted by atomic mass is 19.5. The zero-order valence-corrected chi connectivity index (χ0v) is 12.9. The van der Waals surface area contributed by atoms with E-state index in [-0.39, 0.29) is 0 Å². The van der Waals surface area contributed by atoms with Crippen LogP contribution >= 0.6 is 0 Å². The summed E-state index contributed by atoms with van der Waals surface area (Å²) < 4.78 is 40.3. The van der Waals surface area contributed by atoms with Crippen molar-refractivity contribution in [3.8, 4) is 0 Å². The Balaban J connectivity index is 0. The molecule has 0 bridgehead atoms. The van der Waals surface area contributed by atoms with E-state index >= 15 is 0 Å². The third kappa shape index (κ3) is 12.5. The van der Waals surface area contributed by atoms with Gasteiger partial charge in [-0.05, 0) is 33.9 Å². The summed E-state index contributed by atoms with van der Waals surface area (Å²) >= 11 is 0. The molecular formula is C12H29BF4N2. The highest BCUT2D eigenvalue weighted by Crippen LogP contribution is 2.07.